The number of halogens is 3. The van der Waals surface area contributed by atoms with E-state index in [4.69, 9.17) is 4.74 Å². The number of hydrogen-bond acceptors (Lipinski definition) is 10. The summed E-state index contributed by atoms with van der Waals surface area (Å²) in [5.41, 5.74) is 0.116. The van der Waals surface area contributed by atoms with E-state index in [-0.39, 0.29) is 22.6 Å². The number of aliphatic hydroxyl groups is 2. The second kappa shape index (κ2) is 14.2. The number of ether oxygens (including phenoxy) is 1. The smallest absolute Gasteiger partial charge is 0.397 e. The Bertz CT molecular complexity index is 1780. The molecule has 1 unspecified atom stereocenters. The van der Waals surface area contributed by atoms with Gasteiger partial charge in [0.25, 0.3) is 10.0 Å². The molecule has 0 saturated carbocycles. The number of nitrogens with zero attached hydrogens (tertiary/aromatic N) is 5. The van der Waals surface area contributed by atoms with Crippen LogP contribution in [0.25, 0.3) is 16.3 Å². The van der Waals surface area contributed by atoms with Gasteiger partial charge in [-0.25, -0.2) is 14.6 Å². The van der Waals surface area contributed by atoms with Gasteiger partial charge in [-0.05, 0) is 50.8 Å². The van der Waals surface area contributed by atoms with E-state index in [9.17, 15) is 31.8 Å². The highest BCUT2D eigenvalue weighted by atomic mass is 32.2. The van der Waals surface area contributed by atoms with Crippen molar-refractivity contribution >= 4 is 32.3 Å². The van der Waals surface area contributed by atoms with Crippen LogP contribution in [0.4, 0.5) is 24.1 Å². The summed E-state index contributed by atoms with van der Waals surface area (Å²) in [4.78, 5) is 10.8. The number of aryl methyl sites for hydroxylation is 1. The summed E-state index contributed by atoms with van der Waals surface area (Å²) in [6, 6.07) is 13.7. The number of sulfonamides is 1. The van der Waals surface area contributed by atoms with Crippen molar-refractivity contribution in [3.63, 3.8) is 0 Å². The maximum absolute atomic E-state index is 13.6. The van der Waals surface area contributed by atoms with Crippen LogP contribution in [-0.2, 0) is 16.4 Å². The lowest BCUT2D eigenvalue weighted by Crippen LogP contribution is -2.37. The number of pyridine rings is 1. The van der Waals surface area contributed by atoms with Crippen molar-refractivity contribution in [3.8, 4) is 22.1 Å². The molecule has 0 saturated heterocycles. The Labute approximate surface area is 275 Å². The normalized spacial score (nSPS) is 16.5. The highest BCUT2D eigenvalue weighted by molar-refractivity contribution is 7.92. The van der Waals surface area contributed by atoms with Crippen molar-refractivity contribution < 1.29 is 36.5 Å². The second-order valence-electron chi connectivity index (χ2n) is 12.0. The minimum absolute atomic E-state index is 0.0246. The van der Waals surface area contributed by atoms with E-state index in [2.05, 4.69) is 19.8 Å². The SMILES string of the molecule is CC(C)(COc1ccn(-c2sc3nc2-c2ccccc2CCCCCCN(CC(O)CO)c2cccc(n2)S(=O)(=O)N3)n1)C(F)(F)F. The van der Waals surface area contributed by atoms with Gasteiger partial charge in [0.15, 0.2) is 10.2 Å². The van der Waals surface area contributed by atoms with Crippen LogP contribution in [0, 0.1) is 5.41 Å². The fourth-order valence-electron chi connectivity index (χ4n) is 4.97. The summed E-state index contributed by atoms with van der Waals surface area (Å²) in [5, 5.41) is 24.2. The second-order valence-corrected chi connectivity index (χ2v) is 14.6. The number of rotatable bonds is 7. The van der Waals surface area contributed by atoms with Crippen LogP contribution in [0.5, 0.6) is 5.88 Å². The molecular weight excluding hydrogens is 658 g/mol. The van der Waals surface area contributed by atoms with Gasteiger partial charge < -0.3 is 19.8 Å². The van der Waals surface area contributed by atoms with Gasteiger partial charge in [0, 0.05) is 30.9 Å². The number of β-amino-alcohol motifs (C(OH)–C–C–N with tert-alkyl or cyclic N) is 1. The molecule has 3 N–H and O–H groups in total. The van der Waals surface area contributed by atoms with Gasteiger partial charge in [-0.1, -0.05) is 54.5 Å². The van der Waals surface area contributed by atoms with Crippen LogP contribution >= 0.6 is 11.3 Å². The van der Waals surface area contributed by atoms with Crippen LogP contribution in [0.15, 0.2) is 59.8 Å². The standard InChI is InChI=1S/C31H37F3N6O5S2/c1-30(2,31(32,33)34)20-45-25-15-17-40(37-25)28-27-23-12-7-6-11-21(23)10-5-3-4-8-16-39(18-22(42)19-41)24-13-9-14-26(35-24)47(43,44)38-29(36-27)46-28/h6-7,9,11-15,17,22,41-42H,3-5,8,10,16,18-20H2,1-2H3,(H,36,38). The summed E-state index contributed by atoms with van der Waals surface area (Å²) >= 11 is 1.00. The van der Waals surface area contributed by atoms with Crippen LogP contribution in [-0.4, -0.2) is 77.0 Å². The predicted octanol–water partition coefficient (Wildman–Crippen LogP) is 5.44. The number of alkyl halides is 3. The Kier molecular flexibility index (Phi) is 10.4. The zero-order valence-electron chi connectivity index (χ0n) is 25.9. The van der Waals surface area contributed by atoms with Gasteiger partial charge in [-0.15, -0.1) is 5.10 Å². The van der Waals surface area contributed by atoms with Crippen LogP contribution < -0.4 is 14.4 Å². The highest BCUT2D eigenvalue weighted by Gasteiger charge is 2.48. The predicted molar refractivity (Wildman–Crippen MR) is 173 cm³/mol. The Balaban J connectivity index is 1.54. The van der Waals surface area contributed by atoms with Gasteiger partial charge in [0.2, 0.25) is 5.88 Å². The maximum Gasteiger partial charge on any atom is 0.397 e. The van der Waals surface area contributed by atoms with Crippen molar-refractivity contribution in [2.24, 2.45) is 5.41 Å². The van der Waals surface area contributed by atoms with Crippen molar-refractivity contribution in [2.75, 3.05) is 35.9 Å². The molecule has 0 radical (unpaired) electrons. The summed E-state index contributed by atoms with van der Waals surface area (Å²) in [7, 11) is -4.24. The Morgan fingerprint density at radius 1 is 1.04 bits per heavy atom. The fraction of sp³-hybridized carbons (Fsp3) is 0.452. The first kappa shape index (κ1) is 34.6. The Hall–Kier alpha value is -3.73. The third-order valence-corrected chi connectivity index (χ3v) is 10.1. The molecular formula is C31H37F3N6O5S2. The Morgan fingerprint density at radius 2 is 1.81 bits per heavy atom. The van der Waals surface area contributed by atoms with E-state index < -0.39 is 40.9 Å². The molecule has 3 aromatic heterocycles. The molecule has 1 aliphatic rings. The summed E-state index contributed by atoms with van der Waals surface area (Å²) in [6.45, 7) is 1.60. The molecule has 4 bridgehead atoms. The zero-order valence-corrected chi connectivity index (χ0v) is 27.6. The first-order valence-corrected chi connectivity index (χ1v) is 17.5. The molecule has 0 spiro atoms. The number of nitrogens with one attached hydrogen (secondary N) is 1. The molecule has 0 amide bonds. The van der Waals surface area contributed by atoms with E-state index in [1.807, 2.05) is 24.3 Å². The van der Waals surface area contributed by atoms with E-state index in [0.29, 0.717) is 23.1 Å². The number of anilines is 2. The summed E-state index contributed by atoms with van der Waals surface area (Å²) in [5.74, 6) is 0.318. The number of benzene rings is 1. The van der Waals surface area contributed by atoms with Crippen LogP contribution in [0.3, 0.4) is 0 Å². The molecule has 47 heavy (non-hydrogen) atoms. The topological polar surface area (TPSA) is 143 Å². The lowest BCUT2D eigenvalue weighted by Gasteiger charge is -2.26. The number of thiazole rings is 1. The highest BCUT2D eigenvalue weighted by Crippen LogP contribution is 2.39. The quantitative estimate of drug-likeness (QED) is 0.231. The average molecular weight is 695 g/mol. The number of hydrogen-bond donors (Lipinski definition) is 3. The average Bonchev–Trinajstić information content (AvgIpc) is 3.67. The molecule has 1 aliphatic heterocycles. The molecule has 16 heteroatoms. The first-order chi connectivity index (χ1) is 22.3. The molecule has 11 nitrogen and oxygen atoms in total. The summed E-state index contributed by atoms with van der Waals surface area (Å²) in [6.07, 6.45) is 0.180. The van der Waals surface area contributed by atoms with Gasteiger partial charge in [-0.2, -0.15) is 21.6 Å². The van der Waals surface area contributed by atoms with Gasteiger partial charge in [-0.3, -0.25) is 4.72 Å². The molecule has 4 aromatic rings. The van der Waals surface area contributed by atoms with Crippen LogP contribution in [0.2, 0.25) is 0 Å². The molecule has 0 fully saturated rings. The molecule has 5 rings (SSSR count). The van der Waals surface area contributed by atoms with Gasteiger partial charge in [0.1, 0.15) is 23.1 Å². The summed E-state index contributed by atoms with van der Waals surface area (Å²) < 4.78 is 76.8. The molecule has 0 aliphatic carbocycles. The van der Waals surface area contributed by atoms with Gasteiger partial charge >= 0.3 is 6.18 Å². The van der Waals surface area contributed by atoms with E-state index in [0.717, 1.165) is 68.4 Å². The third-order valence-electron chi connectivity index (χ3n) is 7.80. The fourth-order valence-corrected chi connectivity index (χ4v) is 7.08. The molecule has 1 atom stereocenters. The van der Waals surface area contributed by atoms with Crippen LogP contribution in [0.1, 0.15) is 45.1 Å². The lowest BCUT2D eigenvalue weighted by molar-refractivity contribution is -0.219. The monoisotopic (exact) mass is 694 g/mol. The first-order valence-electron chi connectivity index (χ1n) is 15.2. The van der Waals surface area contributed by atoms with E-state index in [1.54, 1.807) is 17.0 Å². The maximum atomic E-state index is 13.6. The zero-order chi connectivity index (χ0) is 33.8. The van der Waals surface area contributed by atoms with E-state index in [1.165, 1.54) is 23.0 Å². The van der Waals surface area contributed by atoms with Crippen molar-refractivity contribution in [1.82, 2.24) is 19.7 Å². The minimum atomic E-state index is -4.47. The number of aliphatic hydroxyl groups excluding tert-OH is 2. The largest absolute Gasteiger partial charge is 0.476 e. The van der Waals surface area contributed by atoms with Crippen molar-refractivity contribution in [3.05, 3.63) is 60.3 Å². The van der Waals surface area contributed by atoms with Gasteiger partial charge in [0.05, 0.1) is 18.1 Å². The van der Waals surface area contributed by atoms with Crippen molar-refractivity contribution in [2.45, 2.75) is 63.3 Å². The van der Waals surface area contributed by atoms with Crippen molar-refractivity contribution in [1.29, 1.82) is 0 Å². The Morgan fingerprint density at radius 3 is 2.57 bits per heavy atom. The number of aromatic nitrogens is 4. The van der Waals surface area contributed by atoms with E-state index >= 15 is 0 Å². The number of fused-ring (bicyclic) bond motifs is 6. The third kappa shape index (κ3) is 8.23. The minimum Gasteiger partial charge on any atom is -0.476 e. The molecule has 254 valence electrons. The lowest BCUT2D eigenvalue weighted by atomic mass is 9.94. The molecule has 1 aromatic carbocycles. The molecule has 4 heterocycles.